The normalized spacial score (nSPS) is 19.6. The molecule has 3 rings (SSSR count). The molecule has 2 N–H and O–H groups in total. The van der Waals surface area contributed by atoms with Crippen molar-refractivity contribution < 1.29 is 27.5 Å². The minimum atomic E-state index is -3.21. The SMILES string of the molecule is O=C(O)c1ccc(C(=O)NC2CCN(S(=O)(=O)C3CC3)CC2)c(F)c1. The number of carboxylic acid groups (broad SMARTS) is 1. The van der Waals surface area contributed by atoms with Crippen LogP contribution in [0.25, 0.3) is 0 Å². The van der Waals surface area contributed by atoms with Gasteiger partial charge in [-0.1, -0.05) is 0 Å². The van der Waals surface area contributed by atoms with Crippen molar-refractivity contribution >= 4 is 21.9 Å². The lowest BCUT2D eigenvalue weighted by atomic mass is 10.1. The minimum Gasteiger partial charge on any atom is -0.478 e. The Morgan fingerprint density at radius 2 is 1.80 bits per heavy atom. The molecule has 0 spiro atoms. The van der Waals surface area contributed by atoms with Gasteiger partial charge in [0.15, 0.2) is 0 Å². The molecule has 1 saturated carbocycles. The number of benzene rings is 1. The third-order valence-corrected chi connectivity index (χ3v) is 6.95. The van der Waals surface area contributed by atoms with E-state index in [0.29, 0.717) is 38.8 Å². The van der Waals surface area contributed by atoms with Gasteiger partial charge in [0.05, 0.1) is 16.4 Å². The van der Waals surface area contributed by atoms with E-state index in [4.69, 9.17) is 5.11 Å². The Kier molecular flexibility index (Phi) is 4.79. The Bertz CT molecular complexity index is 799. The van der Waals surface area contributed by atoms with Crippen LogP contribution in [0, 0.1) is 5.82 Å². The van der Waals surface area contributed by atoms with Gasteiger partial charge in [-0.25, -0.2) is 21.9 Å². The first-order chi connectivity index (χ1) is 11.8. The Morgan fingerprint density at radius 1 is 1.16 bits per heavy atom. The predicted molar refractivity (Wildman–Crippen MR) is 87.4 cm³/mol. The van der Waals surface area contributed by atoms with E-state index in [9.17, 15) is 22.4 Å². The Morgan fingerprint density at radius 3 is 2.32 bits per heavy atom. The maximum absolute atomic E-state index is 13.9. The van der Waals surface area contributed by atoms with Gasteiger partial charge in [-0.15, -0.1) is 0 Å². The number of hydrogen-bond donors (Lipinski definition) is 2. The molecule has 0 radical (unpaired) electrons. The van der Waals surface area contributed by atoms with E-state index >= 15 is 0 Å². The highest BCUT2D eigenvalue weighted by Crippen LogP contribution is 2.32. The van der Waals surface area contributed by atoms with Crippen LogP contribution in [0.2, 0.25) is 0 Å². The molecule has 9 heteroatoms. The van der Waals surface area contributed by atoms with Crippen molar-refractivity contribution in [2.75, 3.05) is 13.1 Å². The monoisotopic (exact) mass is 370 g/mol. The third-order valence-electron chi connectivity index (χ3n) is 4.56. The summed E-state index contributed by atoms with van der Waals surface area (Å²) < 4.78 is 39.7. The average Bonchev–Trinajstić information content (AvgIpc) is 3.40. The minimum absolute atomic E-state index is 0.224. The van der Waals surface area contributed by atoms with E-state index in [1.807, 2.05) is 0 Å². The Hall–Kier alpha value is -2.00. The fraction of sp³-hybridized carbons (Fsp3) is 0.500. The molecule has 1 heterocycles. The molecule has 1 aromatic rings. The van der Waals surface area contributed by atoms with E-state index in [0.717, 1.165) is 12.1 Å². The zero-order valence-corrected chi connectivity index (χ0v) is 14.3. The number of piperidine rings is 1. The number of nitrogens with zero attached hydrogens (tertiary/aromatic N) is 1. The Balaban J connectivity index is 1.58. The van der Waals surface area contributed by atoms with E-state index in [1.165, 1.54) is 10.4 Å². The van der Waals surface area contributed by atoms with Gasteiger partial charge in [-0.2, -0.15) is 0 Å². The fourth-order valence-electron chi connectivity index (χ4n) is 2.93. The van der Waals surface area contributed by atoms with Crippen molar-refractivity contribution in [1.82, 2.24) is 9.62 Å². The van der Waals surface area contributed by atoms with Crippen LogP contribution in [0.4, 0.5) is 4.39 Å². The van der Waals surface area contributed by atoms with E-state index in [1.54, 1.807) is 0 Å². The second-order valence-corrected chi connectivity index (χ2v) is 8.60. The van der Waals surface area contributed by atoms with E-state index in [-0.39, 0.29) is 22.4 Å². The summed E-state index contributed by atoms with van der Waals surface area (Å²) in [6.45, 7) is 0.675. The first-order valence-corrected chi connectivity index (χ1v) is 9.62. The van der Waals surface area contributed by atoms with Crippen LogP contribution in [-0.2, 0) is 10.0 Å². The zero-order chi connectivity index (χ0) is 18.2. The van der Waals surface area contributed by atoms with E-state index in [2.05, 4.69) is 5.32 Å². The summed E-state index contributed by atoms with van der Waals surface area (Å²) in [7, 11) is -3.21. The van der Waals surface area contributed by atoms with Crippen LogP contribution in [0.5, 0.6) is 0 Å². The first kappa shape index (κ1) is 17.8. The third kappa shape index (κ3) is 3.82. The first-order valence-electron chi connectivity index (χ1n) is 8.11. The van der Waals surface area contributed by atoms with Gasteiger partial charge >= 0.3 is 5.97 Å². The highest BCUT2D eigenvalue weighted by atomic mass is 32.2. The number of carboxylic acids is 1. The van der Waals surface area contributed by atoms with Crippen molar-refractivity contribution in [3.8, 4) is 0 Å². The standard InChI is InChI=1S/C16H19FN2O5S/c17-14-9-10(16(21)22)1-4-13(14)15(20)18-11-5-7-19(8-6-11)25(23,24)12-2-3-12/h1,4,9,11-12H,2-3,5-8H2,(H,18,20)(H,21,22). The van der Waals surface area contributed by atoms with Crippen molar-refractivity contribution in [2.45, 2.75) is 37.0 Å². The molecule has 0 aromatic heterocycles. The summed E-state index contributed by atoms with van der Waals surface area (Å²) in [5.74, 6) is -2.79. The van der Waals surface area contributed by atoms with Gasteiger partial charge in [0.25, 0.3) is 5.91 Å². The maximum Gasteiger partial charge on any atom is 0.335 e. The van der Waals surface area contributed by atoms with Gasteiger partial charge in [-0.05, 0) is 43.9 Å². The average molecular weight is 370 g/mol. The van der Waals surface area contributed by atoms with Crippen LogP contribution in [-0.4, -0.2) is 54.1 Å². The number of nitrogens with one attached hydrogen (secondary N) is 1. The van der Waals surface area contributed by atoms with Crippen LogP contribution >= 0.6 is 0 Å². The van der Waals surface area contributed by atoms with Crippen LogP contribution in [0.15, 0.2) is 18.2 Å². The molecule has 136 valence electrons. The molecule has 1 aromatic carbocycles. The highest BCUT2D eigenvalue weighted by Gasteiger charge is 2.41. The number of sulfonamides is 1. The Labute approximate surface area is 144 Å². The largest absolute Gasteiger partial charge is 0.478 e. The zero-order valence-electron chi connectivity index (χ0n) is 13.4. The number of rotatable bonds is 5. The lowest BCUT2D eigenvalue weighted by molar-refractivity contribution is 0.0695. The molecule has 2 fully saturated rings. The second-order valence-electron chi connectivity index (χ2n) is 6.39. The molecule has 0 atom stereocenters. The van der Waals surface area contributed by atoms with Crippen molar-refractivity contribution in [3.05, 3.63) is 35.1 Å². The lowest BCUT2D eigenvalue weighted by Crippen LogP contribution is -2.47. The van der Waals surface area contributed by atoms with Crippen LogP contribution < -0.4 is 5.32 Å². The summed E-state index contributed by atoms with van der Waals surface area (Å²) >= 11 is 0. The summed E-state index contributed by atoms with van der Waals surface area (Å²) in [5, 5.41) is 11.3. The van der Waals surface area contributed by atoms with Gasteiger partial charge in [0.1, 0.15) is 5.82 Å². The van der Waals surface area contributed by atoms with Gasteiger partial charge in [0.2, 0.25) is 10.0 Å². The summed E-state index contributed by atoms with van der Waals surface area (Å²) in [5.41, 5.74) is -0.453. The lowest BCUT2D eigenvalue weighted by Gasteiger charge is -2.31. The highest BCUT2D eigenvalue weighted by molar-refractivity contribution is 7.90. The number of halogens is 1. The molecule has 1 amide bonds. The maximum atomic E-state index is 13.9. The number of hydrogen-bond acceptors (Lipinski definition) is 4. The number of carbonyl (C=O) groups excluding carboxylic acids is 1. The number of aromatic carboxylic acids is 1. The molecule has 0 bridgehead atoms. The van der Waals surface area contributed by atoms with Crippen LogP contribution in [0.1, 0.15) is 46.4 Å². The molecule has 2 aliphatic rings. The van der Waals surface area contributed by atoms with Crippen molar-refractivity contribution in [3.63, 3.8) is 0 Å². The second kappa shape index (κ2) is 6.72. The van der Waals surface area contributed by atoms with E-state index < -0.39 is 27.7 Å². The summed E-state index contributed by atoms with van der Waals surface area (Å²) in [6.07, 6.45) is 2.36. The number of carbonyl (C=O) groups is 2. The van der Waals surface area contributed by atoms with Crippen molar-refractivity contribution in [2.24, 2.45) is 0 Å². The number of amides is 1. The molecule has 1 saturated heterocycles. The molecular formula is C16H19FN2O5S. The van der Waals surface area contributed by atoms with Crippen molar-refractivity contribution in [1.29, 1.82) is 0 Å². The molecule has 1 aliphatic carbocycles. The fourth-order valence-corrected chi connectivity index (χ4v) is 4.80. The summed E-state index contributed by atoms with van der Waals surface area (Å²) in [6, 6.07) is 2.88. The van der Waals surface area contributed by atoms with Gasteiger partial charge in [0, 0.05) is 19.1 Å². The molecular weight excluding hydrogens is 351 g/mol. The van der Waals surface area contributed by atoms with Gasteiger partial charge < -0.3 is 10.4 Å². The smallest absolute Gasteiger partial charge is 0.335 e. The topological polar surface area (TPSA) is 104 Å². The summed E-state index contributed by atoms with van der Waals surface area (Å²) in [4.78, 5) is 23.0. The molecule has 0 unspecified atom stereocenters. The van der Waals surface area contributed by atoms with Gasteiger partial charge in [-0.3, -0.25) is 4.79 Å². The van der Waals surface area contributed by atoms with Crippen LogP contribution in [0.3, 0.4) is 0 Å². The predicted octanol–water partition coefficient (Wildman–Crippen LogP) is 1.21. The molecule has 25 heavy (non-hydrogen) atoms. The molecule has 1 aliphatic heterocycles. The quantitative estimate of drug-likeness (QED) is 0.811. The molecule has 7 nitrogen and oxygen atoms in total.